The fraction of sp³-hybridized carbons (Fsp3) is 0.529. The van der Waals surface area contributed by atoms with E-state index in [4.69, 9.17) is 5.73 Å². The second-order valence-corrected chi connectivity index (χ2v) is 7.36. The zero-order valence-corrected chi connectivity index (χ0v) is 14.1. The normalized spacial score (nSPS) is 11.9. The van der Waals surface area contributed by atoms with Crippen LogP contribution in [0.1, 0.15) is 55.3 Å². The first-order valence-electron chi connectivity index (χ1n) is 7.45. The zero-order valence-electron chi connectivity index (χ0n) is 14.1. The smallest absolute Gasteiger partial charge is 0.251 e. The van der Waals surface area contributed by atoms with Crippen LogP contribution in [-0.4, -0.2) is 30.4 Å². The quantitative estimate of drug-likeness (QED) is 0.777. The van der Waals surface area contributed by atoms with Crippen LogP contribution in [0.15, 0.2) is 24.3 Å². The monoisotopic (exact) mass is 305 g/mol. The Balaban J connectivity index is 2.70. The lowest BCUT2D eigenvalue weighted by molar-refractivity contribution is 0.0910. The average molecular weight is 305 g/mol. The number of carbonyl (C=O) groups excluding carboxylic acids is 2. The predicted octanol–water partition coefficient (Wildman–Crippen LogP) is 1.93. The first-order chi connectivity index (χ1) is 10.0. The minimum Gasteiger partial charge on any atom is -0.352 e. The molecule has 1 rings (SSSR count). The molecule has 0 spiro atoms. The van der Waals surface area contributed by atoms with Crippen LogP contribution in [0.25, 0.3) is 0 Å². The largest absolute Gasteiger partial charge is 0.352 e. The molecular weight excluding hydrogens is 278 g/mol. The first kappa shape index (κ1) is 18.2. The van der Waals surface area contributed by atoms with E-state index in [0.29, 0.717) is 24.2 Å². The van der Waals surface area contributed by atoms with Crippen molar-refractivity contribution < 1.29 is 9.59 Å². The lowest BCUT2D eigenvalue weighted by atomic mass is 9.97. The standard InChI is InChI=1S/C17H27N3O2/c1-16(2,3)11-19-14(21)12-6-8-13(9-7-12)15(22)20-17(4,5)10-18/h6-9H,10-11,18H2,1-5H3,(H,19,21)(H,20,22). The Morgan fingerprint density at radius 1 is 0.955 bits per heavy atom. The van der Waals surface area contributed by atoms with Crippen molar-refractivity contribution in [1.82, 2.24) is 10.6 Å². The van der Waals surface area contributed by atoms with E-state index in [1.54, 1.807) is 24.3 Å². The summed E-state index contributed by atoms with van der Waals surface area (Å²) in [6, 6.07) is 6.60. The van der Waals surface area contributed by atoms with Gasteiger partial charge in [-0.15, -0.1) is 0 Å². The molecule has 5 heteroatoms. The van der Waals surface area contributed by atoms with E-state index in [9.17, 15) is 9.59 Å². The van der Waals surface area contributed by atoms with Crippen LogP contribution in [0.5, 0.6) is 0 Å². The van der Waals surface area contributed by atoms with Gasteiger partial charge >= 0.3 is 0 Å². The van der Waals surface area contributed by atoms with Crippen LogP contribution < -0.4 is 16.4 Å². The molecule has 1 aromatic rings. The summed E-state index contributed by atoms with van der Waals surface area (Å²) in [6.07, 6.45) is 0. The van der Waals surface area contributed by atoms with Crippen molar-refractivity contribution in [1.29, 1.82) is 0 Å². The molecule has 4 N–H and O–H groups in total. The molecule has 0 aromatic heterocycles. The highest BCUT2D eigenvalue weighted by Gasteiger charge is 2.19. The summed E-state index contributed by atoms with van der Waals surface area (Å²) in [6.45, 7) is 10.8. The molecule has 0 unspecified atom stereocenters. The van der Waals surface area contributed by atoms with Gasteiger partial charge in [0.15, 0.2) is 0 Å². The Hall–Kier alpha value is -1.88. The van der Waals surface area contributed by atoms with E-state index in [0.717, 1.165) is 0 Å². The van der Waals surface area contributed by atoms with Gasteiger partial charge in [-0.25, -0.2) is 0 Å². The number of hydrogen-bond donors (Lipinski definition) is 3. The predicted molar refractivity (Wildman–Crippen MR) is 88.8 cm³/mol. The number of nitrogens with two attached hydrogens (primary N) is 1. The van der Waals surface area contributed by atoms with Gasteiger partial charge in [-0.1, -0.05) is 20.8 Å². The molecule has 0 fully saturated rings. The van der Waals surface area contributed by atoms with E-state index in [2.05, 4.69) is 31.4 Å². The van der Waals surface area contributed by atoms with Gasteiger partial charge in [-0.3, -0.25) is 9.59 Å². The topological polar surface area (TPSA) is 84.2 Å². The molecule has 0 radical (unpaired) electrons. The third-order valence-corrected chi connectivity index (χ3v) is 3.15. The highest BCUT2D eigenvalue weighted by atomic mass is 16.2. The first-order valence-corrected chi connectivity index (χ1v) is 7.45. The maximum Gasteiger partial charge on any atom is 0.251 e. The molecule has 22 heavy (non-hydrogen) atoms. The van der Waals surface area contributed by atoms with Gasteiger partial charge in [0.05, 0.1) is 0 Å². The van der Waals surface area contributed by atoms with Gasteiger partial charge < -0.3 is 16.4 Å². The Morgan fingerprint density at radius 2 is 1.41 bits per heavy atom. The highest BCUT2D eigenvalue weighted by Crippen LogP contribution is 2.11. The Labute approximate surface area is 132 Å². The molecule has 1 aromatic carbocycles. The Bertz CT molecular complexity index is 528. The number of rotatable bonds is 5. The van der Waals surface area contributed by atoms with E-state index >= 15 is 0 Å². The summed E-state index contributed by atoms with van der Waals surface area (Å²) in [5.41, 5.74) is 6.22. The molecule has 0 saturated carbocycles. The summed E-state index contributed by atoms with van der Waals surface area (Å²) in [5, 5.41) is 5.73. The van der Waals surface area contributed by atoms with E-state index in [-0.39, 0.29) is 17.2 Å². The summed E-state index contributed by atoms with van der Waals surface area (Å²) >= 11 is 0. The number of carbonyl (C=O) groups is 2. The fourth-order valence-corrected chi connectivity index (χ4v) is 1.65. The minimum absolute atomic E-state index is 0.0310. The van der Waals surface area contributed by atoms with Crippen LogP contribution in [0.2, 0.25) is 0 Å². The molecule has 0 aliphatic rings. The maximum absolute atomic E-state index is 12.1. The van der Waals surface area contributed by atoms with Gasteiger partial charge in [0.2, 0.25) is 0 Å². The van der Waals surface area contributed by atoms with Crippen molar-refractivity contribution in [2.24, 2.45) is 11.1 Å². The van der Waals surface area contributed by atoms with Crippen molar-refractivity contribution >= 4 is 11.8 Å². The van der Waals surface area contributed by atoms with Gasteiger partial charge in [-0.05, 0) is 43.5 Å². The van der Waals surface area contributed by atoms with Crippen LogP contribution in [0, 0.1) is 5.41 Å². The second kappa shape index (κ2) is 6.92. The van der Waals surface area contributed by atoms with Crippen molar-refractivity contribution in [3.05, 3.63) is 35.4 Å². The van der Waals surface area contributed by atoms with Crippen LogP contribution in [0.3, 0.4) is 0 Å². The Morgan fingerprint density at radius 3 is 1.82 bits per heavy atom. The van der Waals surface area contributed by atoms with Crippen LogP contribution >= 0.6 is 0 Å². The highest BCUT2D eigenvalue weighted by molar-refractivity contribution is 5.98. The molecule has 0 bridgehead atoms. The van der Waals surface area contributed by atoms with E-state index in [1.807, 2.05) is 13.8 Å². The molecule has 5 nitrogen and oxygen atoms in total. The lowest BCUT2D eigenvalue weighted by Gasteiger charge is -2.24. The van der Waals surface area contributed by atoms with E-state index in [1.165, 1.54) is 0 Å². The second-order valence-electron chi connectivity index (χ2n) is 7.36. The van der Waals surface area contributed by atoms with Crippen molar-refractivity contribution in [2.45, 2.75) is 40.2 Å². The van der Waals surface area contributed by atoms with Crippen molar-refractivity contribution in [3.63, 3.8) is 0 Å². The van der Waals surface area contributed by atoms with Crippen molar-refractivity contribution in [2.75, 3.05) is 13.1 Å². The fourth-order valence-electron chi connectivity index (χ4n) is 1.65. The van der Waals surface area contributed by atoms with Crippen LogP contribution in [0.4, 0.5) is 0 Å². The average Bonchev–Trinajstić information content (AvgIpc) is 2.43. The summed E-state index contributed by atoms with van der Waals surface area (Å²) in [5.74, 6) is -0.332. The number of benzene rings is 1. The third kappa shape index (κ3) is 5.85. The molecule has 0 aliphatic carbocycles. The number of hydrogen-bond acceptors (Lipinski definition) is 3. The zero-order chi connectivity index (χ0) is 17.0. The van der Waals surface area contributed by atoms with Crippen molar-refractivity contribution in [3.8, 4) is 0 Å². The van der Waals surface area contributed by atoms with Gasteiger partial charge in [0.25, 0.3) is 11.8 Å². The molecule has 0 heterocycles. The maximum atomic E-state index is 12.1. The van der Waals surface area contributed by atoms with Crippen LogP contribution in [-0.2, 0) is 0 Å². The third-order valence-electron chi connectivity index (χ3n) is 3.15. The van der Waals surface area contributed by atoms with Gasteiger partial charge in [0, 0.05) is 29.8 Å². The minimum atomic E-state index is -0.458. The van der Waals surface area contributed by atoms with E-state index < -0.39 is 5.54 Å². The molecule has 0 saturated heterocycles. The Kier molecular flexibility index (Phi) is 5.72. The molecule has 2 amide bonds. The van der Waals surface area contributed by atoms with Gasteiger partial charge in [0.1, 0.15) is 0 Å². The molecule has 0 atom stereocenters. The van der Waals surface area contributed by atoms with Gasteiger partial charge in [-0.2, -0.15) is 0 Å². The lowest BCUT2D eigenvalue weighted by Crippen LogP contribution is -2.48. The summed E-state index contributed by atoms with van der Waals surface area (Å²) in [7, 11) is 0. The summed E-state index contributed by atoms with van der Waals surface area (Å²) < 4.78 is 0. The molecule has 122 valence electrons. The SMILES string of the molecule is CC(C)(C)CNC(=O)c1ccc(C(=O)NC(C)(C)CN)cc1. The molecular formula is C17H27N3O2. The molecule has 0 aliphatic heterocycles. The number of nitrogens with one attached hydrogen (secondary N) is 2. The summed E-state index contributed by atoms with van der Waals surface area (Å²) in [4.78, 5) is 24.1. The number of amides is 2.